The lowest BCUT2D eigenvalue weighted by atomic mass is 9.78. The second-order valence-corrected chi connectivity index (χ2v) is 17.3. The van der Waals surface area contributed by atoms with Crippen molar-refractivity contribution in [2.45, 2.75) is 19.3 Å². The Morgan fingerprint density at radius 3 is 1.59 bits per heavy atom. The van der Waals surface area contributed by atoms with E-state index in [1.165, 1.54) is 44.0 Å². The monoisotopic (exact) mass is 803 g/mol. The smallest absolute Gasteiger partial charge is 0.0972 e. The van der Waals surface area contributed by atoms with Gasteiger partial charge in [0.15, 0.2) is 0 Å². The molecule has 0 N–H and O–H groups in total. The van der Waals surface area contributed by atoms with Gasteiger partial charge in [-0.2, -0.15) is 0 Å². The molecule has 1 aliphatic rings. The Morgan fingerprint density at radius 2 is 0.921 bits per heavy atom. The average molecular weight is 804 g/mol. The van der Waals surface area contributed by atoms with E-state index in [9.17, 15) is 0 Å². The summed E-state index contributed by atoms with van der Waals surface area (Å²) >= 11 is 0. The molecule has 0 fully saturated rings. The fourth-order valence-electron chi connectivity index (χ4n) is 10.2. The van der Waals surface area contributed by atoms with E-state index in [0.29, 0.717) is 0 Å². The summed E-state index contributed by atoms with van der Waals surface area (Å²) in [6, 6.07) is 62.9. The van der Waals surface area contributed by atoms with Gasteiger partial charge < -0.3 is 0 Å². The van der Waals surface area contributed by atoms with Crippen LogP contribution in [-0.4, -0.2) is 24.9 Å². The van der Waals surface area contributed by atoms with Gasteiger partial charge in [0.05, 0.1) is 44.7 Å². The predicted molar refractivity (Wildman–Crippen MR) is 260 cm³/mol. The highest BCUT2D eigenvalue weighted by Gasteiger charge is 2.39. The van der Waals surface area contributed by atoms with Crippen molar-refractivity contribution in [2.24, 2.45) is 0 Å². The van der Waals surface area contributed by atoms with E-state index >= 15 is 0 Å². The van der Waals surface area contributed by atoms with Crippen molar-refractivity contribution >= 4 is 65.3 Å². The number of rotatable bonds is 4. The van der Waals surface area contributed by atoms with E-state index in [-0.39, 0.29) is 5.41 Å². The van der Waals surface area contributed by atoms with Crippen molar-refractivity contribution < 1.29 is 0 Å². The van der Waals surface area contributed by atoms with Gasteiger partial charge in [-0.3, -0.25) is 9.97 Å². The zero-order valence-corrected chi connectivity index (χ0v) is 34.6. The molecule has 12 aromatic rings. The number of nitrogens with zero attached hydrogens (tertiary/aromatic N) is 5. The Labute approximate surface area is 363 Å². The number of hydrogen-bond donors (Lipinski definition) is 0. The van der Waals surface area contributed by atoms with Crippen LogP contribution in [0.25, 0.3) is 121 Å². The molecule has 5 heteroatoms. The molecule has 0 spiro atoms. The fraction of sp³-hybridized carbons (Fsp3) is 0.0517. The Kier molecular flexibility index (Phi) is 7.58. The summed E-state index contributed by atoms with van der Waals surface area (Å²) in [6.07, 6.45) is 3.68. The van der Waals surface area contributed by atoms with E-state index in [2.05, 4.69) is 178 Å². The van der Waals surface area contributed by atoms with Crippen LogP contribution in [0.1, 0.15) is 25.0 Å². The maximum Gasteiger partial charge on any atom is 0.0972 e. The zero-order chi connectivity index (χ0) is 41.8. The lowest BCUT2D eigenvalue weighted by Crippen LogP contribution is -2.16. The van der Waals surface area contributed by atoms with Crippen molar-refractivity contribution in [3.8, 4) is 56.0 Å². The highest BCUT2D eigenvalue weighted by atomic mass is 14.8. The van der Waals surface area contributed by atoms with Crippen molar-refractivity contribution in [1.82, 2.24) is 24.9 Å². The topological polar surface area (TPSA) is 64.5 Å². The summed E-state index contributed by atoms with van der Waals surface area (Å²) in [7, 11) is 0. The van der Waals surface area contributed by atoms with Crippen LogP contribution >= 0.6 is 0 Å². The molecule has 5 aromatic heterocycles. The summed E-state index contributed by atoms with van der Waals surface area (Å²) < 4.78 is 0. The summed E-state index contributed by atoms with van der Waals surface area (Å²) in [5, 5.41) is 7.86. The number of benzene rings is 7. The highest BCUT2D eigenvalue weighted by molar-refractivity contribution is 6.16. The maximum absolute atomic E-state index is 5.42. The molecule has 0 unspecified atom stereocenters. The van der Waals surface area contributed by atoms with Gasteiger partial charge in [0.1, 0.15) is 0 Å². The van der Waals surface area contributed by atoms with Crippen LogP contribution in [0.3, 0.4) is 0 Å². The highest BCUT2D eigenvalue weighted by Crippen LogP contribution is 2.54. The van der Waals surface area contributed by atoms with E-state index in [1.807, 2.05) is 24.5 Å². The molecule has 5 nitrogen and oxygen atoms in total. The first-order chi connectivity index (χ1) is 31.0. The maximum atomic E-state index is 5.42. The molecule has 5 heterocycles. The molecule has 294 valence electrons. The standard InChI is InChI=1S/C58H37N5/c1-58(2)46-14-6-5-13-45(46)57-52(58)50(51-44-12-4-3-9-35(44)23-28-49(51)63-57)36-17-15-34(16-18-36)41-31-42(47-26-24-39-21-19-37-10-7-29-59-53(37)55(39)61-47)33-43(32-41)48-27-25-40-22-20-38-11-8-30-60-54(38)56(40)62-48/h3-33H,1-2H3. The van der Waals surface area contributed by atoms with Crippen molar-refractivity contribution in [3.05, 3.63) is 199 Å². The van der Waals surface area contributed by atoms with Crippen molar-refractivity contribution in [2.75, 3.05) is 0 Å². The molecule has 0 radical (unpaired) electrons. The molecule has 0 bridgehead atoms. The first-order valence-electron chi connectivity index (χ1n) is 21.5. The molecule has 0 aliphatic heterocycles. The van der Waals surface area contributed by atoms with Gasteiger partial charge in [-0.15, -0.1) is 0 Å². The number of pyridine rings is 5. The molecule has 7 aromatic carbocycles. The molecule has 63 heavy (non-hydrogen) atoms. The number of fused-ring (bicyclic) bond motifs is 12. The molecule has 13 rings (SSSR count). The minimum absolute atomic E-state index is 0.247. The summed E-state index contributed by atoms with van der Waals surface area (Å²) in [5.41, 5.74) is 17.6. The summed E-state index contributed by atoms with van der Waals surface area (Å²) in [5.74, 6) is 0. The molecule has 0 saturated heterocycles. The second-order valence-electron chi connectivity index (χ2n) is 17.3. The minimum Gasteiger partial charge on any atom is -0.254 e. The molecule has 0 amide bonds. The third-order valence-electron chi connectivity index (χ3n) is 13.3. The van der Waals surface area contributed by atoms with Crippen LogP contribution in [0.4, 0.5) is 0 Å². The quantitative estimate of drug-likeness (QED) is 0.166. The first kappa shape index (κ1) is 35.6. The molecule has 0 saturated carbocycles. The van der Waals surface area contributed by atoms with Gasteiger partial charge in [-0.05, 0) is 92.7 Å². The number of aromatic nitrogens is 5. The average Bonchev–Trinajstić information content (AvgIpc) is 3.57. The van der Waals surface area contributed by atoms with Crippen molar-refractivity contribution in [3.63, 3.8) is 0 Å². The summed E-state index contributed by atoms with van der Waals surface area (Å²) in [4.78, 5) is 25.6. The van der Waals surface area contributed by atoms with E-state index in [0.717, 1.165) is 88.5 Å². The van der Waals surface area contributed by atoms with E-state index < -0.39 is 0 Å². The first-order valence-corrected chi connectivity index (χ1v) is 21.5. The molecular weight excluding hydrogens is 767 g/mol. The van der Waals surface area contributed by atoms with Crippen LogP contribution in [-0.2, 0) is 5.41 Å². The lowest BCUT2D eigenvalue weighted by molar-refractivity contribution is 0.662. The Hall–Kier alpha value is -8.15. The third kappa shape index (κ3) is 5.46. The molecule has 1 aliphatic carbocycles. The Bertz CT molecular complexity index is 3750. The largest absolute Gasteiger partial charge is 0.254 e. The molecular formula is C58H37N5. The van der Waals surface area contributed by atoms with Crippen LogP contribution in [0.2, 0.25) is 0 Å². The number of hydrogen-bond acceptors (Lipinski definition) is 5. The van der Waals surface area contributed by atoms with Crippen molar-refractivity contribution in [1.29, 1.82) is 0 Å². The van der Waals surface area contributed by atoms with Gasteiger partial charge in [0.25, 0.3) is 0 Å². The SMILES string of the molecule is CC1(C)c2ccccc2-c2nc3ccc4ccccc4c3c(-c3ccc(-c4cc(-c5ccc6ccc7cccnc7c6n5)cc(-c5ccc6ccc7cccnc7c6n5)c4)cc3)c21. The van der Waals surface area contributed by atoms with Crippen LogP contribution in [0.15, 0.2) is 188 Å². The molecule has 0 atom stereocenters. The van der Waals surface area contributed by atoms with Gasteiger partial charge in [0.2, 0.25) is 0 Å². The van der Waals surface area contributed by atoms with Gasteiger partial charge >= 0.3 is 0 Å². The van der Waals surface area contributed by atoms with Gasteiger partial charge in [-0.1, -0.05) is 141 Å². The van der Waals surface area contributed by atoms with Crippen LogP contribution in [0, 0.1) is 0 Å². The minimum atomic E-state index is -0.247. The Morgan fingerprint density at radius 1 is 0.397 bits per heavy atom. The van der Waals surface area contributed by atoms with Gasteiger partial charge in [0, 0.05) is 61.4 Å². The predicted octanol–water partition coefficient (Wildman–Crippen LogP) is 14.6. The van der Waals surface area contributed by atoms with Crippen LogP contribution in [0.5, 0.6) is 0 Å². The lowest BCUT2D eigenvalue weighted by Gasteiger charge is -2.25. The zero-order valence-electron chi connectivity index (χ0n) is 34.6. The van der Waals surface area contributed by atoms with E-state index in [1.54, 1.807) is 0 Å². The normalized spacial score (nSPS) is 13.0. The fourth-order valence-corrected chi connectivity index (χ4v) is 10.2. The summed E-state index contributed by atoms with van der Waals surface area (Å²) in [6.45, 7) is 4.70. The second kappa shape index (κ2) is 13.4. The van der Waals surface area contributed by atoms with E-state index in [4.69, 9.17) is 24.9 Å². The van der Waals surface area contributed by atoms with Crippen LogP contribution < -0.4 is 0 Å². The Balaban J connectivity index is 1.02. The third-order valence-corrected chi connectivity index (χ3v) is 13.3. The van der Waals surface area contributed by atoms with Gasteiger partial charge in [-0.25, -0.2) is 15.0 Å².